The highest BCUT2D eigenvalue weighted by atomic mass is 32.2. The zero-order chi connectivity index (χ0) is 15.4. The van der Waals surface area contributed by atoms with Gasteiger partial charge in [0, 0.05) is 18.8 Å². The van der Waals surface area contributed by atoms with E-state index in [4.69, 9.17) is 4.74 Å². The van der Waals surface area contributed by atoms with E-state index in [0.29, 0.717) is 6.54 Å². The van der Waals surface area contributed by atoms with E-state index in [9.17, 15) is 8.42 Å². The minimum absolute atomic E-state index is 0.173. The van der Waals surface area contributed by atoms with Gasteiger partial charge in [-0.1, -0.05) is 18.2 Å². The van der Waals surface area contributed by atoms with Gasteiger partial charge in [0.15, 0.2) is 9.84 Å². The van der Waals surface area contributed by atoms with Crippen LogP contribution in [0.5, 0.6) is 5.75 Å². The van der Waals surface area contributed by atoms with Crippen molar-refractivity contribution in [1.82, 2.24) is 5.32 Å². The molecule has 1 N–H and O–H groups in total. The van der Waals surface area contributed by atoms with E-state index in [2.05, 4.69) is 5.32 Å². The molecule has 1 atom stereocenters. The lowest BCUT2D eigenvalue weighted by Crippen LogP contribution is -2.45. The monoisotopic (exact) mass is 299 g/mol. The molecule has 4 nitrogen and oxygen atoms in total. The van der Waals surface area contributed by atoms with Gasteiger partial charge in [-0.2, -0.15) is 0 Å². The number of nitrogens with one attached hydrogen (secondary N) is 1. The number of hydrogen-bond acceptors (Lipinski definition) is 4. The van der Waals surface area contributed by atoms with Crippen LogP contribution in [0.2, 0.25) is 0 Å². The van der Waals surface area contributed by atoms with Crippen molar-refractivity contribution in [1.29, 1.82) is 0 Å². The first kappa shape index (κ1) is 17.0. The number of rotatable bonds is 7. The summed E-state index contributed by atoms with van der Waals surface area (Å²) in [5.41, 5.74) is 1.12. The van der Waals surface area contributed by atoms with Crippen LogP contribution in [0.15, 0.2) is 24.3 Å². The molecule has 0 aromatic heterocycles. The van der Waals surface area contributed by atoms with Crippen molar-refractivity contribution >= 4 is 9.84 Å². The van der Waals surface area contributed by atoms with Gasteiger partial charge in [0.2, 0.25) is 0 Å². The van der Waals surface area contributed by atoms with Gasteiger partial charge in [-0.3, -0.25) is 0 Å². The van der Waals surface area contributed by atoms with Crippen LogP contribution in [-0.4, -0.2) is 39.1 Å². The average Bonchev–Trinajstić information content (AvgIpc) is 2.36. The van der Waals surface area contributed by atoms with E-state index in [1.807, 2.05) is 31.2 Å². The molecule has 1 aromatic rings. The molecule has 0 fully saturated rings. The summed E-state index contributed by atoms with van der Waals surface area (Å²) in [6.45, 7) is 5.96. The van der Waals surface area contributed by atoms with Gasteiger partial charge in [-0.15, -0.1) is 0 Å². The lowest BCUT2D eigenvalue weighted by Gasteiger charge is -2.25. The molecule has 0 saturated heterocycles. The first-order valence-electron chi connectivity index (χ1n) is 6.72. The second-order valence-electron chi connectivity index (χ2n) is 5.83. The molecule has 0 aliphatic heterocycles. The molecule has 0 aliphatic rings. The molecule has 0 aliphatic carbocycles. The zero-order valence-corrected chi connectivity index (χ0v) is 13.8. The Kier molecular flexibility index (Phi) is 5.59. The normalized spacial score (nSPS) is 14.1. The Labute approximate surface area is 122 Å². The van der Waals surface area contributed by atoms with Crippen LogP contribution in [0.1, 0.15) is 26.3 Å². The van der Waals surface area contributed by atoms with E-state index in [1.54, 1.807) is 21.0 Å². The molecule has 1 aromatic carbocycles. The summed E-state index contributed by atoms with van der Waals surface area (Å²) in [6.07, 6.45) is 2.07. The summed E-state index contributed by atoms with van der Waals surface area (Å²) in [7, 11) is -1.41. The molecule has 5 heteroatoms. The fourth-order valence-electron chi connectivity index (χ4n) is 1.82. The predicted molar refractivity (Wildman–Crippen MR) is 83.1 cm³/mol. The molecule has 0 bridgehead atoms. The molecular formula is C15H25NO3S. The van der Waals surface area contributed by atoms with Crippen LogP contribution in [0, 0.1) is 0 Å². The van der Waals surface area contributed by atoms with Crippen LogP contribution < -0.4 is 10.1 Å². The molecule has 0 spiro atoms. The fraction of sp³-hybridized carbons (Fsp3) is 0.600. The van der Waals surface area contributed by atoms with Crippen LogP contribution in [-0.2, 0) is 16.3 Å². The van der Waals surface area contributed by atoms with E-state index in [0.717, 1.165) is 17.7 Å². The smallest absolute Gasteiger partial charge is 0.153 e. The van der Waals surface area contributed by atoms with Gasteiger partial charge in [0.25, 0.3) is 0 Å². The molecule has 1 rings (SSSR count). The number of sulfone groups is 1. The summed E-state index contributed by atoms with van der Waals surface area (Å²) in [5, 5.41) is 3.29. The van der Waals surface area contributed by atoms with Crippen molar-refractivity contribution in [3.05, 3.63) is 29.8 Å². The summed E-state index contributed by atoms with van der Waals surface area (Å²) in [4.78, 5) is 0. The number of benzene rings is 1. The zero-order valence-electron chi connectivity index (χ0n) is 12.9. The summed E-state index contributed by atoms with van der Waals surface area (Å²) in [6, 6.07) is 8.05. The van der Waals surface area contributed by atoms with Gasteiger partial charge in [-0.05, 0) is 38.8 Å². The highest BCUT2D eigenvalue weighted by Gasteiger charge is 2.30. The van der Waals surface area contributed by atoms with E-state index in [1.165, 1.54) is 6.26 Å². The van der Waals surface area contributed by atoms with E-state index in [-0.39, 0.29) is 6.04 Å². The van der Waals surface area contributed by atoms with Crippen molar-refractivity contribution in [2.75, 3.05) is 19.9 Å². The number of methoxy groups -OCH3 is 1. The molecule has 0 saturated carbocycles. The van der Waals surface area contributed by atoms with Crippen LogP contribution >= 0.6 is 0 Å². The fourth-order valence-corrected chi connectivity index (χ4v) is 2.17. The topological polar surface area (TPSA) is 55.4 Å². The summed E-state index contributed by atoms with van der Waals surface area (Å²) in [5.74, 6) is 0.864. The second-order valence-corrected chi connectivity index (χ2v) is 8.48. The number of para-hydroxylation sites is 1. The van der Waals surface area contributed by atoms with Crippen LogP contribution in [0.25, 0.3) is 0 Å². The maximum Gasteiger partial charge on any atom is 0.153 e. The third-order valence-corrected chi connectivity index (χ3v) is 5.75. The van der Waals surface area contributed by atoms with Crippen molar-refractivity contribution in [2.45, 2.75) is 38.0 Å². The molecule has 0 heterocycles. The first-order chi connectivity index (χ1) is 9.17. The lowest BCUT2D eigenvalue weighted by atomic mass is 10.1. The maximum absolute atomic E-state index is 11.7. The minimum Gasteiger partial charge on any atom is -0.496 e. The van der Waals surface area contributed by atoms with Crippen LogP contribution in [0.3, 0.4) is 0 Å². The third kappa shape index (κ3) is 4.49. The standard InChI is InChI=1S/C15H25NO3S/c1-12(16-11-15(2,3)20(5,17)18)10-13-8-6-7-9-14(13)19-4/h6-9,12,16H,10-11H2,1-5H3. The van der Waals surface area contributed by atoms with Crippen molar-refractivity contribution in [3.8, 4) is 5.75 Å². The molecule has 0 amide bonds. The largest absolute Gasteiger partial charge is 0.496 e. The Bertz CT molecular complexity index is 538. The molecule has 20 heavy (non-hydrogen) atoms. The molecule has 1 unspecified atom stereocenters. The van der Waals surface area contributed by atoms with Gasteiger partial charge in [-0.25, -0.2) is 8.42 Å². The summed E-state index contributed by atoms with van der Waals surface area (Å²) < 4.78 is 27.9. The SMILES string of the molecule is COc1ccccc1CC(C)NCC(C)(C)S(C)(=O)=O. The molecule has 114 valence electrons. The maximum atomic E-state index is 11.7. The van der Waals surface area contributed by atoms with Gasteiger partial charge >= 0.3 is 0 Å². The Morgan fingerprint density at radius 3 is 2.45 bits per heavy atom. The quantitative estimate of drug-likeness (QED) is 0.837. The highest BCUT2D eigenvalue weighted by Crippen LogP contribution is 2.19. The van der Waals surface area contributed by atoms with Crippen LogP contribution in [0.4, 0.5) is 0 Å². The Balaban J connectivity index is 2.63. The predicted octanol–water partition coefficient (Wildman–Crippen LogP) is 2.04. The third-order valence-electron chi connectivity index (χ3n) is 3.60. The van der Waals surface area contributed by atoms with Gasteiger partial charge < -0.3 is 10.1 Å². The molecule has 0 radical (unpaired) electrons. The molecular weight excluding hydrogens is 274 g/mol. The first-order valence-corrected chi connectivity index (χ1v) is 8.61. The van der Waals surface area contributed by atoms with Gasteiger partial charge in [0.1, 0.15) is 5.75 Å². The second kappa shape index (κ2) is 6.59. The van der Waals surface area contributed by atoms with E-state index < -0.39 is 14.6 Å². The van der Waals surface area contributed by atoms with Gasteiger partial charge in [0.05, 0.1) is 11.9 Å². The highest BCUT2D eigenvalue weighted by molar-refractivity contribution is 7.92. The van der Waals surface area contributed by atoms with Crippen molar-refractivity contribution < 1.29 is 13.2 Å². The lowest BCUT2D eigenvalue weighted by molar-refractivity contribution is 0.404. The van der Waals surface area contributed by atoms with Crippen molar-refractivity contribution in [2.24, 2.45) is 0 Å². The number of hydrogen-bond donors (Lipinski definition) is 1. The summed E-state index contributed by atoms with van der Waals surface area (Å²) >= 11 is 0. The Hall–Kier alpha value is -1.07. The Morgan fingerprint density at radius 1 is 1.30 bits per heavy atom. The van der Waals surface area contributed by atoms with Crippen molar-refractivity contribution in [3.63, 3.8) is 0 Å². The van der Waals surface area contributed by atoms with E-state index >= 15 is 0 Å². The Morgan fingerprint density at radius 2 is 1.90 bits per heavy atom. The minimum atomic E-state index is -3.07. The average molecular weight is 299 g/mol. The number of ether oxygens (including phenoxy) is 1.